The molecule has 32 heavy (non-hydrogen) atoms. The molecular formula is C27H33N3O2. The molecule has 5 nitrogen and oxygen atoms in total. The van der Waals surface area contributed by atoms with Gasteiger partial charge < -0.3 is 15.0 Å². The van der Waals surface area contributed by atoms with Crippen molar-refractivity contribution in [2.75, 3.05) is 26.7 Å². The van der Waals surface area contributed by atoms with Crippen molar-refractivity contribution in [3.63, 3.8) is 0 Å². The second-order valence-corrected chi connectivity index (χ2v) is 8.79. The van der Waals surface area contributed by atoms with Crippen LogP contribution in [-0.4, -0.2) is 48.6 Å². The number of nitrogens with one attached hydrogen (secondary N) is 1. The third-order valence-corrected chi connectivity index (χ3v) is 6.44. The van der Waals surface area contributed by atoms with E-state index in [1.807, 2.05) is 55.5 Å². The molecule has 4 rings (SSSR count). The van der Waals surface area contributed by atoms with E-state index in [0.29, 0.717) is 18.2 Å². The number of aryl methyl sites for hydroxylation is 1. The molecule has 0 radical (unpaired) electrons. The monoisotopic (exact) mass is 431 g/mol. The quantitative estimate of drug-likeness (QED) is 0.522. The van der Waals surface area contributed by atoms with Crippen molar-refractivity contribution in [3.05, 3.63) is 59.7 Å². The molecule has 1 atom stereocenters. The highest BCUT2D eigenvalue weighted by Gasteiger charge is 2.18. The largest absolute Gasteiger partial charge is 0.497 e. The summed E-state index contributed by atoms with van der Waals surface area (Å²) in [6.45, 7) is 7.24. The van der Waals surface area contributed by atoms with E-state index in [0.717, 1.165) is 46.4 Å². The first-order valence-corrected chi connectivity index (χ1v) is 11.6. The fourth-order valence-electron chi connectivity index (χ4n) is 4.51. The number of rotatable bonds is 7. The van der Waals surface area contributed by atoms with Crippen LogP contribution in [0.1, 0.15) is 48.5 Å². The van der Waals surface area contributed by atoms with Gasteiger partial charge in [0.25, 0.3) is 5.91 Å². The highest BCUT2D eigenvalue weighted by Crippen LogP contribution is 2.27. The van der Waals surface area contributed by atoms with Crippen molar-refractivity contribution >= 4 is 16.8 Å². The van der Waals surface area contributed by atoms with Crippen molar-refractivity contribution in [3.8, 4) is 17.0 Å². The number of fused-ring (bicyclic) bond motifs is 1. The molecule has 1 amide bonds. The van der Waals surface area contributed by atoms with Gasteiger partial charge in [0.15, 0.2) is 0 Å². The van der Waals surface area contributed by atoms with Crippen LogP contribution in [0.25, 0.3) is 22.2 Å². The molecular weight excluding hydrogens is 398 g/mol. The molecule has 0 saturated carbocycles. The molecule has 0 spiro atoms. The Morgan fingerprint density at radius 2 is 1.97 bits per heavy atom. The Morgan fingerprint density at radius 1 is 1.16 bits per heavy atom. The van der Waals surface area contributed by atoms with Crippen LogP contribution in [0.3, 0.4) is 0 Å². The maximum Gasteiger partial charge on any atom is 0.252 e. The summed E-state index contributed by atoms with van der Waals surface area (Å²) in [6, 6.07) is 16.4. The van der Waals surface area contributed by atoms with Crippen LogP contribution < -0.4 is 10.1 Å². The van der Waals surface area contributed by atoms with Gasteiger partial charge in [0.2, 0.25) is 0 Å². The molecule has 5 heteroatoms. The van der Waals surface area contributed by atoms with Crippen molar-refractivity contribution in [1.82, 2.24) is 15.2 Å². The van der Waals surface area contributed by atoms with E-state index < -0.39 is 0 Å². The molecule has 3 aromatic rings. The number of piperidine rings is 1. The molecule has 0 unspecified atom stereocenters. The third kappa shape index (κ3) is 5.10. The van der Waals surface area contributed by atoms with E-state index >= 15 is 0 Å². The van der Waals surface area contributed by atoms with Crippen LogP contribution in [0, 0.1) is 6.92 Å². The maximum absolute atomic E-state index is 13.2. The smallest absolute Gasteiger partial charge is 0.252 e. The predicted molar refractivity (Wildman–Crippen MR) is 130 cm³/mol. The minimum Gasteiger partial charge on any atom is -0.497 e. The maximum atomic E-state index is 13.2. The van der Waals surface area contributed by atoms with E-state index in [9.17, 15) is 4.79 Å². The van der Waals surface area contributed by atoms with Gasteiger partial charge in [-0.15, -0.1) is 0 Å². The molecule has 1 fully saturated rings. The zero-order chi connectivity index (χ0) is 22.5. The summed E-state index contributed by atoms with van der Waals surface area (Å²) in [5.74, 6) is 0.760. The Morgan fingerprint density at radius 3 is 2.72 bits per heavy atom. The first-order chi connectivity index (χ1) is 15.5. The average molecular weight is 432 g/mol. The van der Waals surface area contributed by atoms with Gasteiger partial charge in [-0.1, -0.05) is 18.1 Å². The second kappa shape index (κ2) is 10.1. The van der Waals surface area contributed by atoms with Crippen LogP contribution in [0.5, 0.6) is 5.75 Å². The lowest BCUT2D eigenvalue weighted by atomic mass is 10.0. The first-order valence-electron chi connectivity index (χ1n) is 11.6. The zero-order valence-electron chi connectivity index (χ0n) is 19.4. The standard InChI is InChI=1S/C27H33N3O2/c1-19-8-13-25-23(17-19)24(18-26(29-25)21-9-11-22(32-3)12-10-21)27(31)28-14-6-16-30-15-5-4-7-20(30)2/h8-13,17-18,20H,4-7,14-16H2,1-3H3,(H,28,31)/t20-/m0/s1. The number of aromatic nitrogens is 1. The highest BCUT2D eigenvalue weighted by atomic mass is 16.5. The average Bonchev–Trinajstić information content (AvgIpc) is 2.82. The molecule has 1 aliphatic rings. The summed E-state index contributed by atoms with van der Waals surface area (Å²) >= 11 is 0. The van der Waals surface area contributed by atoms with Crippen LogP contribution in [0.15, 0.2) is 48.5 Å². The van der Waals surface area contributed by atoms with E-state index in [2.05, 4.69) is 17.1 Å². The molecule has 2 aromatic carbocycles. The molecule has 168 valence electrons. The lowest BCUT2D eigenvalue weighted by Crippen LogP contribution is -2.39. The normalized spacial score (nSPS) is 16.8. The number of amides is 1. The van der Waals surface area contributed by atoms with Gasteiger partial charge in [0.1, 0.15) is 5.75 Å². The van der Waals surface area contributed by atoms with Gasteiger partial charge in [0.05, 0.1) is 23.9 Å². The van der Waals surface area contributed by atoms with Gasteiger partial charge in [-0.3, -0.25) is 4.79 Å². The minimum atomic E-state index is -0.0375. The predicted octanol–water partition coefficient (Wildman–Crippen LogP) is 5.21. The van der Waals surface area contributed by atoms with E-state index in [-0.39, 0.29) is 5.91 Å². The lowest BCUT2D eigenvalue weighted by Gasteiger charge is -2.33. The summed E-state index contributed by atoms with van der Waals surface area (Å²) in [7, 11) is 1.65. The third-order valence-electron chi connectivity index (χ3n) is 6.44. The molecule has 0 bridgehead atoms. The summed E-state index contributed by atoms with van der Waals surface area (Å²) in [4.78, 5) is 20.6. The lowest BCUT2D eigenvalue weighted by molar-refractivity contribution is 0.0950. The van der Waals surface area contributed by atoms with E-state index in [4.69, 9.17) is 9.72 Å². The summed E-state index contributed by atoms with van der Waals surface area (Å²) in [6.07, 6.45) is 4.86. The number of nitrogens with zero attached hydrogens (tertiary/aromatic N) is 2. The highest BCUT2D eigenvalue weighted by molar-refractivity contribution is 6.07. The Balaban J connectivity index is 1.52. The molecule has 0 aliphatic carbocycles. The van der Waals surface area contributed by atoms with E-state index in [1.54, 1.807) is 7.11 Å². The number of likely N-dealkylation sites (tertiary alicyclic amines) is 1. The number of methoxy groups -OCH3 is 1. The summed E-state index contributed by atoms with van der Waals surface area (Å²) in [5, 5.41) is 4.04. The zero-order valence-corrected chi connectivity index (χ0v) is 19.4. The summed E-state index contributed by atoms with van der Waals surface area (Å²) in [5.41, 5.74) is 4.37. The number of carbonyl (C=O) groups is 1. The molecule has 2 heterocycles. The van der Waals surface area contributed by atoms with Crippen LogP contribution >= 0.6 is 0 Å². The Hall–Kier alpha value is -2.92. The number of carbonyl (C=O) groups excluding carboxylic acids is 1. The molecule has 1 saturated heterocycles. The van der Waals surface area contributed by atoms with Gasteiger partial charge in [-0.2, -0.15) is 0 Å². The van der Waals surface area contributed by atoms with Crippen molar-refractivity contribution in [2.45, 2.75) is 45.6 Å². The second-order valence-electron chi connectivity index (χ2n) is 8.79. The summed E-state index contributed by atoms with van der Waals surface area (Å²) < 4.78 is 5.27. The van der Waals surface area contributed by atoms with Crippen LogP contribution in [0.2, 0.25) is 0 Å². The fourth-order valence-corrected chi connectivity index (χ4v) is 4.51. The number of ether oxygens (including phenoxy) is 1. The Kier molecular flexibility index (Phi) is 7.05. The van der Waals surface area contributed by atoms with Crippen molar-refractivity contribution in [1.29, 1.82) is 0 Å². The molecule has 1 aliphatic heterocycles. The van der Waals surface area contributed by atoms with Crippen LogP contribution in [0.4, 0.5) is 0 Å². The van der Waals surface area contributed by atoms with Gasteiger partial charge in [-0.05, 0) is 82.1 Å². The minimum absolute atomic E-state index is 0.0375. The topological polar surface area (TPSA) is 54.5 Å². The molecule has 1 N–H and O–H groups in total. The molecule has 1 aromatic heterocycles. The van der Waals surface area contributed by atoms with Gasteiger partial charge >= 0.3 is 0 Å². The Bertz CT molecular complexity index is 1080. The number of pyridine rings is 1. The Labute approximate surface area is 190 Å². The van der Waals surface area contributed by atoms with E-state index in [1.165, 1.54) is 25.8 Å². The first kappa shape index (κ1) is 22.3. The fraction of sp³-hybridized carbons (Fsp3) is 0.407. The number of hydrogen-bond donors (Lipinski definition) is 1. The van der Waals surface area contributed by atoms with Crippen molar-refractivity contribution < 1.29 is 9.53 Å². The SMILES string of the molecule is COc1ccc(-c2cc(C(=O)NCCCN3CCCC[C@@H]3C)c3cc(C)ccc3n2)cc1. The van der Waals surface area contributed by atoms with Gasteiger partial charge in [0, 0.05) is 30.1 Å². The number of benzene rings is 2. The number of hydrogen-bond acceptors (Lipinski definition) is 4. The van der Waals surface area contributed by atoms with Gasteiger partial charge in [-0.25, -0.2) is 4.98 Å². The van der Waals surface area contributed by atoms with Crippen LogP contribution in [-0.2, 0) is 0 Å². The van der Waals surface area contributed by atoms with Crippen molar-refractivity contribution in [2.24, 2.45) is 0 Å².